The van der Waals surface area contributed by atoms with E-state index in [4.69, 9.17) is 0 Å². The summed E-state index contributed by atoms with van der Waals surface area (Å²) in [6.07, 6.45) is -4.72. The molecule has 0 unspecified atom stereocenters. The molecular formula is C14H14F3N3O. The summed E-state index contributed by atoms with van der Waals surface area (Å²) in [5, 5.41) is 2.94. The molecule has 0 aliphatic carbocycles. The van der Waals surface area contributed by atoms with Crippen LogP contribution in [-0.4, -0.2) is 23.4 Å². The van der Waals surface area contributed by atoms with Gasteiger partial charge in [-0.15, -0.1) is 13.2 Å². The number of ether oxygens (including phenoxy) is 1. The van der Waals surface area contributed by atoms with E-state index in [1.165, 1.54) is 18.2 Å². The quantitative estimate of drug-likeness (QED) is 0.938. The maximum absolute atomic E-state index is 12.3. The van der Waals surface area contributed by atoms with Crippen molar-refractivity contribution in [1.29, 1.82) is 0 Å². The highest BCUT2D eigenvalue weighted by Crippen LogP contribution is 2.30. The Kier molecular flexibility index (Phi) is 4.02. The molecule has 2 rings (SSSR count). The molecule has 0 fully saturated rings. The number of halogens is 3. The Morgan fingerprint density at radius 1 is 1.14 bits per heavy atom. The Hall–Kier alpha value is -2.31. The first-order valence-electron chi connectivity index (χ1n) is 6.19. The number of alkyl halides is 3. The molecule has 0 aliphatic heterocycles. The van der Waals surface area contributed by atoms with Gasteiger partial charge in [0.15, 0.2) is 0 Å². The van der Waals surface area contributed by atoms with Crippen LogP contribution in [0.2, 0.25) is 0 Å². The first-order chi connectivity index (χ1) is 9.80. The highest BCUT2D eigenvalue weighted by atomic mass is 19.4. The average Bonchev–Trinajstić information content (AvgIpc) is 2.39. The minimum atomic E-state index is -4.72. The lowest BCUT2D eigenvalue weighted by molar-refractivity contribution is -0.274. The van der Waals surface area contributed by atoms with Crippen molar-refractivity contribution in [2.24, 2.45) is 0 Å². The summed E-state index contributed by atoms with van der Waals surface area (Å²) >= 11 is 0. The van der Waals surface area contributed by atoms with Gasteiger partial charge in [0, 0.05) is 18.2 Å². The van der Waals surface area contributed by atoms with Crippen LogP contribution in [0, 0.1) is 13.8 Å². The molecule has 112 valence electrons. The third-order valence-corrected chi connectivity index (χ3v) is 2.84. The summed E-state index contributed by atoms with van der Waals surface area (Å²) < 4.78 is 40.8. The van der Waals surface area contributed by atoms with Crippen LogP contribution in [0.3, 0.4) is 0 Å². The molecular weight excluding hydrogens is 283 g/mol. The summed E-state index contributed by atoms with van der Waals surface area (Å²) in [5.41, 5.74) is 1.86. The molecule has 0 spiro atoms. The number of hydrogen-bond acceptors (Lipinski definition) is 4. The topological polar surface area (TPSA) is 47.0 Å². The van der Waals surface area contributed by atoms with Gasteiger partial charge < -0.3 is 10.1 Å². The molecule has 1 aromatic carbocycles. The molecule has 7 heteroatoms. The molecule has 1 N–H and O–H groups in total. The maximum Gasteiger partial charge on any atom is 0.573 e. The monoisotopic (exact) mass is 297 g/mol. The zero-order chi connectivity index (χ0) is 15.6. The van der Waals surface area contributed by atoms with E-state index in [2.05, 4.69) is 20.0 Å². The zero-order valence-electron chi connectivity index (χ0n) is 11.7. The first kappa shape index (κ1) is 15.1. The van der Waals surface area contributed by atoms with E-state index in [1.54, 1.807) is 27.0 Å². The van der Waals surface area contributed by atoms with Gasteiger partial charge in [-0.25, -0.2) is 9.97 Å². The standard InChI is InChI=1S/C14H14F3N3O/c1-8-12(19-9(2)20-13(8)18-3)10-5-4-6-11(7-10)21-14(15,16)17/h4-7H,1-3H3,(H,18,19,20). The fourth-order valence-electron chi connectivity index (χ4n) is 1.99. The number of aryl methyl sites for hydroxylation is 1. The van der Waals surface area contributed by atoms with Gasteiger partial charge in [0.25, 0.3) is 0 Å². The van der Waals surface area contributed by atoms with E-state index >= 15 is 0 Å². The summed E-state index contributed by atoms with van der Waals surface area (Å²) in [6, 6.07) is 5.73. The fraction of sp³-hybridized carbons (Fsp3) is 0.286. The first-order valence-corrected chi connectivity index (χ1v) is 6.19. The minimum Gasteiger partial charge on any atom is -0.406 e. The van der Waals surface area contributed by atoms with Crippen LogP contribution in [0.25, 0.3) is 11.3 Å². The average molecular weight is 297 g/mol. The Bertz CT molecular complexity index is 656. The molecule has 0 atom stereocenters. The molecule has 2 aromatic rings. The predicted molar refractivity (Wildman–Crippen MR) is 73.2 cm³/mol. The van der Waals surface area contributed by atoms with Crippen molar-refractivity contribution in [3.8, 4) is 17.0 Å². The van der Waals surface area contributed by atoms with Gasteiger partial charge in [-0.05, 0) is 26.0 Å². The minimum absolute atomic E-state index is 0.276. The van der Waals surface area contributed by atoms with Crippen LogP contribution in [0.5, 0.6) is 5.75 Å². The van der Waals surface area contributed by atoms with E-state index in [0.717, 1.165) is 5.56 Å². The molecule has 0 radical (unpaired) electrons. The molecule has 0 saturated heterocycles. The summed E-state index contributed by atoms with van der Waals surface area (Å²) in [7, 11) is 1.72. The second kappa shape index (κ2) is 5.59. The van der Waals surface area contributed by atoms with Crippen LogP contribution in [0.15, 0.2) is 24.3 Å². The molecule has 21 heavy (non-hydrogen) atoms. The predicted octanol–water partition coefficient (Wildman–Crippen LogP) is 3.70. The van der Waals surface area contributed by atoms with Crippen LogP contribution in [-0.2, 0) is 0 Å². The second-order valence-corrected chi connectivity index (χ2v) is 4.42. The normalized spacial score (nSPS) is 11.3. The van der Waals surface area contributed by atoms with Crippen LogP contribution in [0.1, 0.15) is 11.4 Å². The lowest BCUT2D eigenvalue weighted by atomic mass is 10.1. The Balaban J connectivity index is 2.48. The van der Waals surface area contributed by atoms with Crippen molar-refractivity contribution in [1.82, 2.24) is 9.97 Å². The number of rotatable bonds is 3. The molecule has 0 aliphatic rings. The number of benzene rings is 1. The van der Waals surface area contributed by atoms with E-state index in [1.807, 2.05) is 0 Å². The lowest BCUT2D eigenvalue weighted by Gasteiger charge is -2.13. The van der Waals surface area contributed by atoms with E-state index in [0.29, 0.717) is 22.9 Å². The Morgan fingerprint density at radius 2 is 1.86 bits per heavy atom. The highest BCUT2D eigenvalue weighted by molar-refractivity contribution is 5.69. The number of nitrogens with zero attached hydrogens (tertiary/aromatic N) is 2. The smallest absolute Gasteiger partial charge is 0.406 e. The lowest BCUT2D eigenvalue weighted by Crippen LogP contribution is -2.17. The maximum atomic E-state index is 12.3. The largest absolute Gasteiger partial charge is 0.573 e. The number of anilines is 1. The molecule has 4 nitrogen and oxygen atoms in total. The van der Waals surface area contributed by atoms with Crippen molar-refractivity contribution in [2.75, 3.05) is 12.4 Å². The van der Waals surface area contributed by atoms with Crippen molar-refractivity contribution < 1.29 is 17.9 Å². The van der Waals surface area contributed by atoms with Gasteiger partial charge >= 0.3 is 6.36 Å². The third-order valence-electron chi connectivity index (χ3n) is 2.84. The summed E-state index contributed by atoms with van der Waals surface area (Å²) in [6.45, 7) is 3.53. The number of hydrogen-bond donors (Lipinski definition) is 1. The highest BCUT2D eigenvalue weighted by Gasteiger charge is 2.31. The molecule has 0 saturated carbocycles. The Morgan fingerprint density at radius 3 is 2.48 bits per heavy atom. The number of aromatic nitrogens is 2. The van der Waals surface area contributed by atoms with Gasteiger partial charge in [-0.1, -0.05) is 12.1 Å². The fourth-order valence-corrected chi connectivity index (χ4v) is 1.99. The van der Waals surface area contributed by atoms with Crippen molar-refractivity contribution in [3.63, 3.8) is 0 Å². The van der Waals surface area contributed by atoms with Crippen molar-refractivity contribution in [2.45, 2.75) is 20.2 Å². The van der Waals surface area contributed by atoms with Gasteiger partial charge in [0.05, 0.1) is 5.69 Å². The van der Waals surface area contributed by atoms with Gasteiger partial charge in [-0.3, -0.25) is 0 Å². The molecule has 0 amide bonds. The summed E-state index contributed by atoms with van der Waals surface area (Å²) in [5.74, 6) is 0.892. The Labute approximate surface area is 120 Å². The van der Waals surface area contributed by atoms with Gasteiger partial charge in [-0.2, -0.15) is 0 Å². The van der Waals surface area contributed by atoms with E-state index in [-0.39, 0.29) is 5.75 Å². The summed E-state index contributed by atoms with van der Waals surface area (Å²) in [4.78, 5) is 8.53. The van der Waals surface area contributed by atoms with Crippen molar-refractivity contribution >= 4 is 5.82 Å². The molecule has 1 aromatic heterocycles. The number of nitrogens with one attached hydrogen (secondary N) is 1. The van der Waals surface area contributed by atoms with E-state index in [9.17, 15) is 13.2 Å². The third kappa shape index (κ3) is 3.62. The molecule has 0 bridgehead atoms. The molecule has 1 heterocycles. The van der Waals surface area contributed by atoms with Gasteiger partial charge in [0.2, 0.25) is 0 Å². The van der Waals surface area contributed by atoms with Crippen LogP contribution >= 0.6 is 0 Å². The van der Waals surface area contributed by atoms with Crippen LogP contribution < -0.4 is 10.1 Å². The zero-order valence-corrected chi connectivity index (χ0v) is 11.7. The van der Waals surface area contributed by atoms with E-state index < -0.39 is 6.36 Å². The van der Waals surface area contributed by atoms with Crippen molar-refractivity contribution in [3.05, 3.63) is 35.7 Å². The SMILES string of the molecule is CNc1nc(C)nc(-c2cccc(OC(F)(F)F)c2)c1C. The second-order valence-electron chi connectivity index (χ2n) is 4.42. The van der Waals surface area contributed by atoms with Gasteiger partial charge in [0.1, 0.15) is 17.4 Å². The van der Waals surface area contributed by atoms with Crippen LogP contribution in [0.4, 0.5) is 19.0 Å².